The van der Waals surface area contributed by atoms with Crippen molar-refractivity contribution in [2.45, 2.75) is 52.1 Å². The Hall–Kier alpha value is -2.06. The van der Waals surface area contributed by atoms with E-state index < -0.39 is 5.54 Å². The Morgan fingerprint density at radius 1 is 1.28 bits per heavy atom. The average molecular weight is 356 g/mol. The highest BCUT2D eigenvalue weighted by Gasteiger charge is 2.29. The number of aryl methyl sites for hydroxylation is 3. The van der Waals surface area contributed by atoms with Crippen LogP contribution < -0.4 is 5.32 Å². The third-order valence-corrected chi connectivity index (χ3v) is 5.48. The number of aromatic nitrogens is 1. The normalized spacial score (nSPS) is 13.5. The number of carbonyl (C=O) groups excluding carboxylic acids is 1. The summed E-state index contributed by atoms with van der Waals surface area (Å²) in [4.78, 5) is 17.0. The van der Waals surface area contributed by atoms with E-state index >= 15 is 0 Å². The SMILES string of the molecule is Cc1cc(C)c2nc(SCC(=O)N[C@@](C)(C#N)C(C)C)cc(C)c2c1. The second kappa shape index (κ2) is 7.45. The minimum Gasteiger partial charge on any atom is -0.337 e. The molecule has 1 aromatic carbocycles. The second-order valence-electron chi connectivity index (χ2n) is 7.06. The topological polar surface area (TPSA) is 65.8 Å². The van der Waals surface area contributed by atoms with Crippen molar-refractivity contribution < 1.29 is 4.79 Å². The molecule has 1 amide bonds. The molecular formula is C20H25N3OS. The number of hydrogen-bond acceptors (Lipinski definition) is 4. The number of rotatable bonds is 5. The number of amides is 1. The van der Waals surface area contributed by atoms with Crippen LogP contribution in [0.1, 0.15) is 37.5 Å². The highest BCUT2D eigenvalue weighted by atomic mass is 32.2. The van der Waals surface area contributed by atoms with Gasteiger partial charge in [0, 0.05) is 5.39 Å². The van der Waals surface area contributed by atoms with Crippen molar-refractivity contribution in [3.05, 3.63) is 34.9 Å². The van der Waals surface area contributed by atoms with Crippen LogP contribution in [0, 0.1) is 38.0 Å². The summed E-state index contributed by atoms with van der Waals surface area (Å²) in [5.41, 5.74) is 3.65. The summed E-state index contributed by atoms with van der Waals surface area (Å²) in [5, 5.41) is 14.1. The van der Waals surface area contributed by atoms with Gasteiger partial charge < -0.3 is 5.32 Å². The Labute approximate surface area is 154 Å². The standard InChI is InChI=1S/C20H25N3OS/c1-12(2)20(6,11-21)23-17(24)10-25-18-9-14(4)16-8-13(3)7-15(5)19(16)22-18/h7-9,12H,10H2,1-6H3,(H,23,24)/t20-/m0/s1. The lowest BCUT2D eigenvalue weighted by atomic mass is 9.90. The van der Waals surface area contributed by atoms with Crippen molar-refractivity contribution >= 4 is 28.6 Å². The van der Waals surface area contributed by atoms with Crippen LogP contribution in [-0.2, 0) is 4.79 Å². The lowest BCUT2D eigenvalue weighted by Crippen LogP contribution is -2.49. The monoisotopic (exact) mass is 355 g/mol. The molecule has 5 heteroatoms. The molecule has 1 N–H and O–H groups in total. The number of hydrogen-bond donors (Lipinski definition) is 1. The minimum absolute atomic E-state index is 0.0402. The molecule has 0 bridgehead atoms. The first-order valence-electron chi connectivity index (χ1n) is 8.40. The number of benzene rings is 1. The van der Waals surface area contributed by atoms with Gasteiger partial charge in [0.2, 0.25) is 5.91 Å². The maximum atomic E-state index is 12.2. The molecule has 0 fully saturated rings. The zero-order chi connectivity index (χ0) is 18.8. The molecule has 1 atom stereocenters. The third kappa shape index (κ3) is 4.32. The molecule has 2 aromatic rings. The van der Waals surface area contributed by atoms with E-state index in [1.54, 1.807) is 6.92 Å². The predicted molar refractivity (Wildman–Crippen MR) is 104 cm³/mol. The van der Waals surface area contributed by atoms with Gasteiger partial charge in [0.15, 0.2) is 0 Å². The van der Waals surface area contributed by atoms with Crippen LogP contribution in [0.5, 0.6) is 0 Å². The smallest absolute Gasteiger partial charge is 0.231 e. The first kappa shape index (κ1) is 19.3. The Morgan fingerprint density at radius 3 is 2.56 bits per heavy atom. The van der Waals surface area contributed by atoms with E-state index in [1.165, 1.54) is 17.3 Å². The van der Waals surface area contributed by atoms with E-state index in [2.05, 4.69) is 44.3 Å². The number of nitrogens with one attached hydrogen (secondary N) is 1. The second-order valence-corrected chi connectivity index (χ2v) is 8.06. The summed E-state index contributed by atoms with van der Waals surface area (Å²) in [6, 6.07) is 8.48. The lowest BCUT2D eigenvalue weighted by Gasteiger charge is -2.27. The van der Waals surface area contributed by atoms with Crippen molar-refractivity contribution in [2.75, 3.05) is 5.75 Å². The van der Waals surface area contributed by atoms with E-state index in [0.717, 1.165) is 27.1 Å². The van der Waals surface area contributed by atoms with Gasteiger partial charge >= 0.3 is 0 Å². The highest BCUT2D eigenvalue weighted by Crippen LogP contribution is 2.27. The molecule has 0 saturated carbocycles. The van der Waals surface area contributed by atoms with Crippen molar-refractivity contribution in [2.24, 2.45) is 5.92 Å². The van der Waals surface area contributed by atoms with Crippen LogP contribution in [0.4, 0.5) is 0 Å². The van der Waals surface area contributed by atoms with Crippen LogP contribution in [-0.4, -0.2) is 22.2 Å². The zero-order valence-electron chi connectivity index (χ0n) is 15.7. The molecule has 0 aliphatic heterocycles. The number of pyridine rings is 1. The molecule has 132 valence electrons. The molecule has 0 radical (unpaired) electrons. The molecule has 0 spiro atoms. The highest BCUT2D eigenvalue weighted by molar-refractivity contribution is 7.99. The Kier molecular flexibility index (Phi) is 5.74. The van der Waals surface area contributed by atoms with E-state index in [9.17, 15) is 10.1 Å². The van der Waals surface area contributed by atoms with Gasteiger partial charge in [-0.05, 0) is 56.9 Å². The van der Waals surface area contributed by atoms with Crippen LogP contribution in [0.3, 0.4) is 0 Å². The maximum absolute atomic E-state index is 12.2. The molecular weight excluding hydrogens is 330 g/mol. The van der Waals surface area contributed by atoms with E-state index in [1.807, 2.05) is 19.9 Å². The van der Waals surface area contributed by atoms with Gasteiger partial charge in [0.05, 0.1) is 22.4 Å². The molecule has 1 aromatic heterocycles. The van der Waals surface area contributed by atoms with Crippen LogP contribution in [0.25, 0.3) is 10.9 Å². The predicted octanol–water partition coefficient (Wildman–Crippen LogP) is 4.31. The van der Waals surface area contributed by atoms with Crippen molar-refractivity contribution in [1.29, 1.82) is 5.26 Å². The van der Waals surface area contributed by atoms with Gasteiger partial charge in [-0.1, -0.05) is 37.2 Å². The minimum atomic E-state index is -0.849. The fourth-order valence-corrected chi connectivity index (χ4v) is 3.42. The Morgan fingerprint density at radius 2 is 1.96 bits per heavy atom. The largest absolute Gasteiger partial charge is 0.337 e. The molecule has 0 aliphatic carbocycles. The molecule has 1 heterocycles. The van der Waals surface area contributed by atoms with Gasteiger partial charge in [-0.15, -0.1) is 0 Å². The molecule has 2 rings (SSSR count). The van der Waals surface area contributed by atoms with Crippen molar-refractivity contribution in [1.82, 2.24) is 10.3 Å². The molecule has 4 nitrogen and oxygen atoms in total. The number of fused-ring (bicyclic) bond motifs is 1. The first-order valence-corrected chi connectivity index (χ1v) is 9.38. The van der Waals surface area contributed by atoms with E-state index in [0.29, 0.717) is 0 Å². The third-order valence-electron chi connectivity index (χ3n) is 4.57. The van der Waals surface area contributed by atoms with Crippen LogP contribution in [0.2, 0.25) is 0 Å². The molecule has 0 unspecified atom stereocenters. The van der Waals surface area contributed by atoms with E-state index in [-0.39, 0.29) is 17.6 Å². The summed E-state index contributed by atoms with van der Waals surface area (Å²) in [5.74, 6) is 0.133. The van der Waals surface area contributed by atoms with Gasteiger partial charge in [-0.3, -0.25) is 4.79 Å². The van der Waals surface area contributed by atoms with Gasteiger partial charge in [-0.25, -0.2) is 4.98 Å². The summed E-state index contributed by atoms with van der Waals surface area (Å²) >= 11 is 1.40. The van der Waals surface area contributed by atoms with Crippen molar-refractivity contribution in [3.8, 4) is 6.07 Å². The van der Waals surface area contributed by atoms with Crippen LogP contribution in [0.15, 0.2) is 23.2 Å². The summed E-state index contributed by atoms with van der Waals surface area (Å²) in [6.07, 6.45) is 0. The molecule has 25 heavy (non-hydrogen) atoms. The first-order chi connectivity index (χ1) is 11.7. The fourth-order valence-electron chi connectivity index (χ4n) is 2.65. The van der Waals surface area contributed by atoms with Crippen LogP contribution >= 0.6 is 11.8 Å². The summed E-state index contributed by atoms with van der Waals surface area (Å²) in [6.45, 7) is 11.8. The Bertz CT molecular complexity index is 854. The summed E-state index contributed by atoms with van der Waals surface area (Å²) < 4.78 is 0. The molecule has 0 saturated heterocycles. The number of nitriles is 1. The number of nitrogens with zero attached hydrogens (tertiary/aromatic N) is 2. The number of carbonyl (C=O) groups is 1. The zero-order valence-corrected chi connectivity index (χ0v) is 16.5. The van der Waals surface area contributed by atoms with Gasteiger partial charge in [-0.2, -0.15) is 5.26 Å². The maximum Gasteiger partial charge on any atom is 0.231 e. The molecule has 0 aliphatic rings. The fraction of sp³-hybridized carbons (Fsp3) is 0.450. The lowest BCUT2D eigenvalue weighted by molar-refractivity contribution is -0.120. The average Bonchev–Trinajstić information content (AvgIpc) is 2.53. The Balaban J connectivity index is 2.16. The summed E-state index contributed by atoms with van der Waals surface area (Å²) in [7, 11) is 0. The quantitative estimate of drug-likeness (QED) is 0.812. The van der Waals surface area contributed by atoms with Gasteiger partial charge in [0.25, 0.3) is 0 Å². The van der Waals surface area contributed by atoms with E-state index in [4.69, 9.17) is 4.98 Å². The van der Waals surface area contributed by atoms with Crippen molar-refractivity contribution in [3.63, 3.8) is 0 Å². The number of thioether (sulfide) groups is 1. The van der Waals surface area contributed by atoms with Gasteiger partial charge in [0.1, 0.15) is 5.54 Å².